The number of halogens is 1. The zero-order valence-corrected chi connectivity index (χ0v) is 19.1. The van der Waals surface area contributed by atoms with Crippen LogP contribution in [-0.4, -0.2) is 58.9 Å². The Kier molecular flexibility index (Phi) is 6.87. The third-order valence-electron chi connectivity index (χ3n) is 5.50. The molecule has 1 fully saturated rings. The molecule has 1 aromatic heterocycles. The fourth-order valence-electron chi connectivity index (χ4n) is 3.48. The number of aryl methyl sites for hydroxylation is 1. The lowest BCUT2D eigenvalue weighted by atomic mass is 10.1. The molecule has 0 aliphatic carbocycles. The van der Waals surface area contributed by atoms with E-state index in [1.807, 2.05) is 60.4 Å². The van der Waals surface area contributed by atoms with Gasteiger partial charge in [-0.15, -0.1) is 0 Å². The largest absolute Gasteiger partial charge is 0.340 e. The number of nitrogens with zero attached hydrogens (tertiary/aromatic N) is 4. The van der Waals surface area contributed by atoms with Crippen LogP contribution in [0.25, 0.3) is 0 Å². The van der Waals surface area contributed by atoms with Crippen LogP contribution in [0.3, 0.4) is 0 Å². The summed E-state index contributed by atoms with van der Waals surface area (Å²) in [7, 11) is 2.09. The first kappa shape index (κ1) is 22.0. The summed E-state index contributed by atoms with van der Waals surface area (Å²) < 4.78 is 0. The minimum atomic E-state index is 0.179. The maximum Gasteiger partial charge on any atom is 0.229 e. The highest BCUT2D eigenvalue weighted by atomic mass is 35.5. The Morgan fingerprint density at radius 1 is 0.969 bits per heavy atom. The van der Waals surface area contributed by atoms with E-state index in [1.54, 1.807) is 6.20 Å². The summed E-state index contributed by atoms with van der Waals surface area (Å²) in [6.07, 6.45) is 2.19. The van der Waals surface area contributed by atoms with Crippen LogP contribution in [0.4, 0.5) is 23.1 Å². The number of aromatic nitrogens is 2. The molecule has 2 heterocycles. The smallest absolute Gasteiger partial charge is 0.229 e. The zero-order chi connectivity index (χ0) is 22.5. The fourth-order valence-corrected chi connectivity index (χ4v) is 3.60. The molecule has 166 valence electrons. The van der Waals surface area contributed by atoms with Crippen molar-refractivity contribution in [3.05, 3.63) is 70.9 Å². The maximum atomic E-state index is 12.5. The second-order valence-corrected chi connectivity index (χ2v) is 8.48. The average Bonchev–Trinajstić information content (AvgIpc) is 2.79. The molecular formula is C24H27ClN6O. The van der Waals surface area contributed by atoms with Gasteiger partial charge in [0.25, 0.3) is 0 Å². The van der Waals surface area contributed by atoms with E-state index in [-0.39, 0.29) is 5.91 Å². The molecule has 8 heteroatoms. The van der Waals surface area contributed by atoms with E-state index < -0.39 is 0 Å². The minimum Gasteiger partial charge on any atom is -0.340 e. The number of rotatable bonds is 6. The van der Waals surface area contributed by atoms with Gasteiger partial charge in [-0.2, -0.15) is 4.98 Å². The van der Waals surface area contributed by atoms with Crippen molar-refractivity contribution in [1.82, 2.24) is 19.8 Å². The topological polar surface area (TPSA) is 73.4 Å². The van der Waals surface area contributed by atoms with Gasteiger partial charge in [0.15, 0.2) is 0 Å². The quantitative estimate of drug-likeness (QED) is 0.585. The summed E-state index contributed by atoms with van der Waals surface area (Å²) in [5, 5.41) is 7.21. The fraction of sp³-hybridized carbons (Fsp3) is 0.292. The molecule has 4 rings (SSSR count). The molecule has 1 aliphatic heterocycles. The third kappa shape index (κ3) is 5.75. The van der Waals surface area contributed by atoms with Gasteiger partial charge in [0.2, 0.25) is 11.9 Å². The molecule has 1 aliphatic rings. The lowest BCUT2D eigenvalue weighted by Crippen LogP contribution is -2.47. The standard InChI is InChI=1S/C24H27ClN6O/c1-17-16-26-24(29-23(17)27-20-9-5-19(25)6-10-20)28-21-7-3-18(4-8-21)15-22(32)31-13-11-30(2)12-14-31/h3-10,16H,11-15H2,1-2H3,(H2,26,27,28,29). The predicted octanol–water partition coefficient (Wildman–Crippen LogP) is 4.24. The molecule has 0 spiro atoms. The van der Waals surface area contributed by atoms with Crippen LogP contribution >= 0.6 is 11.6 Å². The number of anilines is 4. The normalized spacial score (nSPS) is 14.3. The molecule has 0 atom stereocenters. The third-order valence-corrected chi connectivity index (χ3v) is 5.75. The van der Waals surface area contributed by atoms with E-state index >= 15 is 0 Å². The number of hydrogen-bond acceptors (Lipinski definition) is 6. The van der Waals surface area contributed by atoms with Crippen LogP contribution in [0.15, 0.2) is 54.7 Å². The number of carbonyl (C=O) groups excluding carboxylic acids is 1. The highest BCUT2D eigenvalue weighted by Gasteiger charge is 2.19. The Balaban J connectivity index is 1.37. The van der Waals surface area contributed by atoms with Crippen molar-refractivity contribution < 1.29 is 4.79 Å². The van der Waals surface area contributed by atoms with Gasteiger partial charge in [-0.25, -0.2) is 4.98 Å². The molecule has 7 nitrogen and oxygen atoms in total. The van der Waals surface area contributed by atoms with E-state index in [4.69, 9.17) is 11.6 Å². The Morgan fingerprint density at radius 2 is 1.59 bits per heavy atom. The lowest BCUT2D eigenvalue weighted by Gasteiger charge is -2.32. The molecule has 0 unspecified atom stereocenters. The summed E-state index contributed by atoms with van der Waals surface area (Å²) in [5.41, 5.74) is 3.69. The second-order valence-electron chi connectivity index (χ2n) is 8.04. The number of hydrogen-bond donors (Lipinski definition) is 2. The SMILES string of the molecule is Cc1cnc(Nc2ccc(CC(=O)N3CCN(C)CC3)cc2)nc1Nc1ccc(Cl)cc1. The molecule has 2 N–H and O–H groups in total. The van der Waals surface area contributed by atoms with Gasteiger partial charge in [0, 0.05) is 54.3 Å². The van der Waals surface area contributed by atoms with Crippen LogP contribution in [0, 0.1) is 6.92 Å². The van der Waals surface area contributed by atoms with E-state index in [0.29, 0.717) is 17.4 Å². The highest BCUT2D eigenvalue weighted by Crippen LogP contribution is 2.22. The van der Waals surface area contributed by atoms with E-state index in [9.17, 15) is 4.79 Å². The first-order valence-corrected chi connectivity index (χ1v) is 11.0. The van der Waals surface area contributed by atoms with Gasteiger partial charge in [0.05, 0.1) is 6.42 Å². The lowest BCUT2D eigenvalue weighted by molar-refractivity contribution is -0.132. The van der Waals surface area contributed by atoms with Gasteiger partial charge in [-0.1, -0.05) is 23.7 Å². The summed E-state index contributed by atoms with van der Waals surface area (Å²) in [5.74, 6) is 1.39. The van der Waals surface area contributed by atoms with Crippen LogP contribution < -0.4 is 10.6 Å². The Hall–Kier alpha value is -3.16. The Morgan fingerprint density at radius 3 is 2.28 bits per heavy atom. The molecule has 0 radical (unpaired) electrons. The van der Waals surface area contributed by atoms with Gasteiger partial charge in [-0.3, -0.25) is 4.79 Å². The molecule has 1 amide bonds. The van der Waals surface area contributed by atoms with Crippen molar-refractivity contribution in [1.29, 1.82) is 0 Å². The first-order valence-electron chi connectivity index (χ1n) is 10.6. The summed E-state index contributed by atoms with van der Waals surface area (Å²) in [4.78, 5) is 25.7. The van der Waals surface area contributed by atoms with E-state index in [1.165, 1.54) is 0 Å². The summed E-state index contributed by atoms with van der Waals surface area (Å²) in [6.45, 7) is 5.41. The number of carbonyl (C=O) groups is 1. The van der Waals surface area contributed by atoms with Crippen molar-refractivity contribution >= 4 is 40.6 Å². The van der Waals surface area contributed by atoms with E-state index in [0.717, 1.165) is 54.5 Å². The minimum absolute atomic E-state index is 0.179. The van der Waals surface area contributed by atoms with Crippen molar-refractivity contribution in [2.75, 3.05) is 43.9 Å². The van der Waals surface area contributed by atoms with Gasteiger partial charge in [0.1, 0.15) is 5.82 Å². The van der Waals surface area contributed by atoms with Crippen molar-refractivity contribution in [3.63, 3.8) is 0 Å². The van der Waals surface area contributed by atoms with Gasteiger partial charge in [-0.05, 0) is 55.9 Å². The zero-order valence-electron chi connectivity index (χ0n) is 18.3. The average molecular weight is 451 g/mol. The number of benzene rings is 2. The van der Waals surface area contributed by atoms with Crippen LogP contribution in [-0.2, 0) is 11.2 Å². The number of nitrogens with one attached hydrogen (secondary N) is 2. The van der Waals surface area contributed by atoms with Gasteiger partial charge < -0.3 is 20.4 Å². The van der Waals surface area contributed by atoms with E-state index in [2.05, 4.69) is 32.5 Å². The monoisotopic (exact) mass is 450 g/mol. The molecule has 1 saturated heterocycles. The maximum absolute atomic E-state index is 12.5. The van der Waals surface area contributed by atoms with Crippen LogP contribution in [0.1, 0.15) is 11.1 Å². The second kappa shape index (κ2) is 9.97. The van der Waals surface area contributed by atoms with Crippen LogP contribution in [0.5, 0.6) is 0 Å². The number of likely N-dealkylation sites (N-methyl/N-ethyl adjacent to an activating group) is 1. The summed E-state index contributed by atoms with van der Waals surface area (Å²) >= 11 is 5.96. The molecular weight excluding hydrogens is 424 g/mol. The molecule has 0 bridgehead atoms. The van der Waals surface area contributed by atoms with Gasteiger partial charge >= 0.3 is 0 Å². The molecule has 32 heavy (non-hydrogen) atoms. The first-order chi connectivity index (χ1) is 15.5. The molecule has 0 saturated carbocycles. The molecule has 3 aromatic rings. The van der Waals surface area contributed by atoms with Crippen molar-refractivity contribution in [2.45, 2.75) is 13.3 Å². The number of piperazine rings is 1. The number of amides is 1. The summed E-state index contributed by atoms with van der Waals surface area (Å²) in [6, 6.07) is 15.3. The predicted molar refractivity (Wildman–Crippen MR) is 129 cm³/mol. The highest BCUT2D eigenvalue weighted by molar-refractivity contribution is 6.30. The Bertz CT molecular complexity index is 1060. The van der Waals surface area contributed by atoms with Crippen molar-refractivity contribution in [3.8, 4) is 0 Å². The molecule has 2 aromatic carbocycles. The van der Waals surface area contributed by atoms with Crippen molar-refractivity contribution in [2.24, 2.45) is 0 Å². The van der Waals surface area contributed by atoms with Crippen LogP contribution in [0.2, 0.25) is 5.02 Å². The Labute approximate surface area is 193 Å².